The highest BCUT2D eigenvalue weighted by atomic mass is 16.5. The lowest BCUT2D eigenvalue weighted by Crippen LogP contribution is -1.99. The van der Waals surface area contributed by atoms with Crippen molar-refractivity contribution in [1.82, 2.24) is 14.7 Å². The molecule has 0 spiro atoms. The molecule has 0 unspecified atom stereocenters. The topological polar surface area (TPSA) is 67.6 Å². The normalized spacial score (nSPS) is 10.7. The first-order valence-electron chi connectivity index (χ1n) is 5.54. The summed E-state index contributed by atoms with van der Waals surface area (Å²) in [5, 5.41) is 13.9. The van der Waals surface area contributed by atoms with Crippen molar-refractivity contribution in [3.63, 3.8) is 0 Å². The molecule has 18 heavy (non-hydrogen) atoms. The van der Waals surface area contributed by atoms with Crippen molar-refractivity contribution in [1.29, 1.82) is 5.26 Å². The Bertz CT molecular complexity index is 748. The minimum Gasteiger partial charge on any atom is -0.340 e. The van der Waals surface area contributed by atoms with Gasteiger partial charge in [0.05, 0.1) is 18.2 Å². The lowest BCUT2D eigenvalue weighted by molar-refractivity contribution is 0.386. The fourth-order valence-corrected chi connectivity index (χ4v) is 1.95. The van der Waals surface area contributed by atoms with Gasteiger partial charge in [-0.25, -0.2) is 0 Å². The van der Waals surface area contributed by atoms with Crippen LogP contribution in [0.15, 0.2) is 35.0 Å². The van der Waals surface area contributed by atoms with Crippen molar-refractivity contribution in [3.8, 4) is 6.07 Å². The molecule has 2 heterocycles. The van der Waals surface area contributed by atoms with Crippen LogP contribution in [-0.4, -0.2) is 14.7 Å². The highest BCUT2D eigenvalue weighted by Crippen LogP contribution is 2.18. The van der Waals surface area contributed by atoms with E-state index in [4.69, 9.17) is 9.78 Å². The predicted molar refractivity (Wildman–Crippen MR) is 64.8 cm³/mol. The van der Waals surface area contributed by atoms with Gasteiger partial charge in [-0.15, -0.1) is 0 Å². The van der Waals surface area contributed by atoms with Crippen molar-refractivity contribution in [2.24, 2.45) is 0 Å². The van der Waals surface area contributed by atoms with Crippen molar-refractivity contribution in [2.45, 2.75) is 13.5 Å². The molecule has 0 saturated carbocycles. The summed E-state index contributed by atoms with van der Waals surface area (Å²) < 4.78 is 6.94. The standard InChI is InChI=1S/C13H10N4O/c1-9-15-13(16-18-9)8-17-5-4-11-3-2-10(7-14)6-12(11)17/h2-6H,8H2,1H3. The third-order valence-corrected chi connectivity index (χ3v) is 2.78. The summed E-state index contributed by atoms with van der Waals surface area (Å²) in [6, 6.07) is 9.75. The largest absolute Gasteiger partial charge is 0.340 e. The molecule has 0 saturated heterocycles. The molecule has 0 aliphatic heterocycles. The van der Waals surface area contributed by atoms with Crippen LogP contribution in [0.4, 0.5) is 0 Å². The molecule has 0 radical (unpaired) electrons. The smallest absolute Gasteiger partial charge is 0.223 e. The number of benzene rings is 1. The maximum atomic E-state index is 8.92. The van der Waals surface area contributed by atoms with Gasteiger partial charge >= 0.3 is 0 Å². The quantitative estimate of drug-likeness (QED) is 0.686. The zero-order valence-electron chi connectivity index (χ0n) is 9.79. The molecule has 3 rings (SSSR count). The molecule has 0 fully saturated rings. The number of hydrogen-bond acceptors (Lipinski definition) is 4. The van der Waals surface area contributed by atoms with Crippen LogP contribution in [0.3, 0.4) is 0 Å². The summed E-state index contributed by atoms with van der Waals surface area (Å²) in [4.78, 5) is 4.17. The maximum Gasteiger partial charge on any atom is 0.223 e. The number of rotatable bonds is 2. The third kappa shape index (κ3) is 1.74. The highest BCUT2D eigenvalue weighted by molar-refractivity contribution is 5.81. The summed E-state index contributed by atoms with van der Waals surface area (Å²) in [5.74, 6) is 1.19. The van der Waals surface area contributed by atoms with Gasteiger partial charge in [0.1, 0.15) is 0 Å². The second-order valence-electron chi connectivity index (χ2n) is 4.06. The van der Waals surface area contributed by atoms with E-state index in [1.807, 2.05) is 35.0 Å². The van der Waals surface area contributed by atoms with E-state index in [2.05, 4.69) is 16.2 Å². The molecule has 0 atom stereocenters. The Balaban J connectivity index is 2.04. The summed E-state index contributed by atoms with van der Waals surface area (Å²) >= 11 is 0. The van der Waals surface area contributed by atoms with Gasteiger partial charge in [-0.1, -0.05) is 11.2 Å². The fourth-order valence-electron chi connectivity index (χ4n) is 1.95. The minimum absolute atomic E-state index is 0.537. The molecule has 5 heteroatoms. The summed E-state index contributed by atoms with van der Waals surface area (Å²) in [6.45, 7) is 2.30. The SMILES string of the molecule is Cc1nc(Cn2ccc3ccc(C#N)cc32)no1. The van der Waals surface area contributed by atoms with Crippen LogP contribution in [0, 0.1) is 18.3 Å². The average molecular weight is 238 g/mol. The van der Waals surface area contributed by atoms with Crippen LogP contribution in [0.25, 0.3) is 10.9 Å². The van der Waals surface area contributed by atoms with Gasteiger partial charge in [0, 0.05) is 18.6 Å². The van der Waals surface area contributed by atoms with Crippen molar-refractivity contribution in [3.05, 3.63) is 47.7 Å². The lowest BCUT2D eigenvalue weighted by Gasteiger charge is -2.01. The second-order valence-corrected chi connectivity index (χ2v) is 4.06. The zero-order valence-corrected chi connectivity index (χ0v) is 9.79. The predicted octanol–water partition coefficient (Wildman–Crippen LogP) is 2.25. The molecular formula is C13H10N4O. The van der Waals surface area contributed by atoms with Gasteiger partial charge in [-0.2, -0.15) is 10.2 Å². The first kappa shape index (κ1) is 10.5. The number of nitriles is 1. The van der Waals surface area contributed by atoms with E-state index in [1.165, 1.54) is 0 Å². The van der Waals surface area contributed by atoms with Gasteiger partial charge in [0.15, 0.2) is 5.82 Å². The molecule has 0 aliphatic rings. The summed E-state index contributed by atoms with van der Waals surface area (Å²) in [6.07, 6.45) is 1.96. The Morgan fingerprint density at radius 2 is 2.28 bits per heavy atom. The zero-order chi connectivity index (χ0) is 12.5. The molecule has 2 aromatic heterocycles. The van der Waals surface area contributed by atoms with Gasteiger partial charge < -0.3 is 9.09 Å². The van der Waals surface area contributed by atoms with E-state index in [-0.39, 0.29) is 0 Å². The monoisotopic (exact) mass is 238 g/mol. The number of aromatic nitrogens is 3. The molecule has 3 aromatic rings. The number of fused-ring (bicyclic) bond motifs is 1. The lowest BCUT2D eigenvalue weighted by atomic mass is 10.2. The van der Waals surface area contributed by atoms with Crippen molar-refractivity contribution in [2.75, 3.05) is 0 Å². The van der Waals surface area contributed by atoms with Crippen LogP contribution in [-0.2, 0) is 6.54 Å². The Hall–Kier alpha value is -2.61. The van der Waals surface area contributed by atoms with E-state index in [0.29, 0.717) is 23.8 Å². The molecule has 88 valence electrons. The molecule has 0 N–H and O–H groups in total. The summed E-state index contributed by atoms with van der Waals surface area (Å²) in [5.41, 5.74) is 1.64. The molecular weight excluding hydrogens is 228 g/mol. The Labute approximate surface area is 103 Å². The van der Waals surface area contributed by atoms with E-state index in [1.54, 1.807) is 6.92 Å². The molecule has 0 amide bonds. The first-order chi connectivity index (χ1) is 8.76. The van der Waals surface area contributed by atoms with Crippen molar-refractivity contribution >= 4 is 10.9 Å². The van der Waals surface area contributed by atoms with Gasteiger partial charge in [0.2, 0.25) is 5.89 Å². The van der Waals surface area contributed by atoms with Gasteiger partial charge in [-0.05, 0) is 23.6 Å². The highest BCUT2D eigenvalue weighted by Gasteiger charge is 2.06. The number of aryl methyl sites for hydroxylation is 1. The fraction of sp³-hybridized carbons (Fsp3) is 0.154. The van der Waals surface area contributed by atoms with Crippen LogP contribution >= 0.6 is 0 Å². The third-order valence-electron chi connectivity index (χ3n) is 2.78. The van der Waals surface area contributed by atoms with Gasteiger partial charge in [0.25, 0.3) is 0 Å². The van der Waals surface area contributed by atoms with Gasteiger partial charge in [-0.3, -0.25) is 0 Å². The van der Waals surface area contributed by atoms with E-state index in [0.717, 1.165) is 10.9 Å². The maximum absolute atomic E-state index is 8.92. The molecule has 0 aliphatic carbocycles. The van der Waals surface area contributed by atoms with E-state index in [9.17, 15) is 0 Å². The Morgan fingerprint density at radius 3 is 3.00 bits per heavy atom. The Morgan fingerprint density at radius 1 is 1.39 bits per heavy atom. The minimum atomic E-state index is 0.537. The first-order valence-corrected chi connectivity index (χ1v) is 5.54. The van der Waals surface area contributed by atoms with Crippen LogP contribution < -0.4 is 0 Å². The van der Waals surface area contributed by atoms with Crippen molar-refractivity contribution < 1.29 is 4.52 Å². The second kappa shape index (κ2) is 4.00. The molecule has 1 aromatic carbocycles. The van der Waals surface area contributed by atoms with Crippen LogP contribution in [0.2, 0.25) is 0 Å². The molecule has 0 bridgehead atoms. The summed E-state index contributed by atoms with van der Waals surface area (Å²) in [7, 11) is 0. The number of nitrogens with zero attached hydrogens (tertiary/aromatic N) is 4. The number of hydrogen-bond donors (Lipinski definition) is 0. The average Bonchev–Trinajstić information content (AvgIpc) is 2.96. The van der Waals surface area contributed by atoms with Crippen LogP contribution in [0.1, 0.15) is 17.3 Å². The Kier molecular flexibility index (Phi) is 2.34. The van der Waals surface area contributed by atoms with Crippen LogP contribution in [0.5, 0.6) is 0 Å². The molecule has 5 nitrogen and oxygen atoms in total. The van der Waals surface area contributed by atoms with E-state index >= 15 is 0 Å². The van der Waals surface area contributed by atoms with E-state index < -0.39 is 0 Å².